The smallest absolute Gasteiger partial charge is 0.337 e. The SMILES string of the molecule is CC(C)(S)Nc1ccccc1C(=O)O. The van der Waals surface area contributed by atoms with E-state index in [1.54, 1.807) is 24.3 Å². The van der Waals surface area contributed by atoms with Crippen molar-refractivity contribution in [1.82, 2.24) is 0 Å². The molecular formula is C10H13NO2S. The lowest BCUT2D eigenvalue weighted by Crippen LogP contribution is -2.24. The van der Waals surface area contributed by atoms with E-state index in [1.165, 1.54) is 0 Å². The molecule has 0 spiro atoms. The quantitative estimate of drug-likeness (QED) is 0.531. The van der Waals surface area contributed by atoms with Gasteiger partial charge in [0.15, 0.2) is 0 Å². The predicted octanol–water partition coefficient (Wildman–Crippen LogP) is 2.46. The van der Waals surface area contributed by atoms with Crippen molar-refractivity contribution in [3.05, 3.63) is 29.8 Å². The van der Waals surface area contributed by atoms with Gasteiger partial charge in [-0.25, -0.2) is 4.79 Å². The number of nitrogens with one attached hydrogen (secondary N) is 1. The Morgan fingerprint density at radius 3 is 2.50 bits per heavy atom. The molecule has 3 nitrogen and oxygen atoms in total. The second-order valence-corrected chi connectivity index (χ2v) is 4.65. The number of anilines is 1. The third kappa shape index (κ3) is 2.96. The van der Waals surface area contributed by atoms with Crippen molar-refractivity contribution in [2.24, 2.45) is 0 Å². The molecule has 14 heavy (non-hydrogen) atoms. The zero-order valence-corrected chi connectivity index (χ0v) is 9.01. The lowest BCUT2D eigenvalue weighted by Gasteiger charge is -2.22. The van der Waals surface area contributed by atoms with E-state index in [2.05, 4.69) is 17.9 Å². The van der Waals surface area contributed by atoms with Crippen LogP contribution in [-0.2, 0) is 0 Å². The van der Waals surface area contributed by atoms with Gasteiger partial charge in [-0.3, -0.25) is 0 Å². The molecule has 1 rings (SSSR count). The summed E-state index contributed by atoms with van der Waals surface area (Å²) in [6.07, 6.45) is 0. The first-order valence-electron chi connectivity index (χ1n) is 4.23. The van der Waals surface area contributed by atoms with Gasteiger partial charge in [-0.05, 0) is 26.0 Å². The van der Waals surface area contributed by atoms with Crippen molar-refractivity contribution in [3.63, 3.8) is 0 Å². The predicted molar refractivity (Wildman–Crippen MR) is 60.1 cm³/mol. The zero-order chi connectivity index (χ0) is 10.8. The summed E-state index contributed by atoms with van der Waals surface area (Å²) in [5, 5.41) is 11.9. The molecule has 0 heterocycles. The van der Waals surface area contributed by atoms with Crippen LogP contribution in [0.25, 0.3) is 0 Å². The van der Waals surface area contributed by atoms with E-state index in [0.29, 0.717) is 5.69 Å². The fourth-order valence-corrected chi connectivity index (χ4v) is 1.23. The van der Waals surface area contributed by atoms with Crippen LogP contribution in [0.1, 0.15) is 24.2 Å². The van der Waals surface area contributed by atoms with Crippen LogP contribution in [0.15, 0.2) is 24.3 Å². The molecule has 4 heteroatoms. The summed E-state index contributed by atoms with van der Waals surface area (Å²) in [5.74, 6) is -0.939. The number of carboxylic acid groups (broad SMARTS) is 1. The Morgan fingerprint density at radius 2 is 2.00 bits per heavy atom. The summed E-state index contributed by atoms with van der Waals surface area (Å²) in [5.41, 5.74) is 0.842. The molecule has 0 saturated heterocycles. The Balaban J connectivity index is 3.02. The first-order valence-corrected chi connectivity index (χ1v) is 4.68. The van der Waals surface area contributed by atoms with E-state index in [9.17, 15) is 4.79 Å². The maximum atomic E-state index is 10.8. The summed E-state index contributed by atoms with van der Waals surface area (Å²) in [6.45, 7) is 3.71. The molecule has 0 aliphatic heterocycles. The average molecular weight is 211 g/mol. The van der Waals surface area contributed by atoms with Crippen LogP contribution in [0.4, 0.5) is 5.69 Å². The van der Waals surface area contributed by atoms with Gasteiger partial charge in [0.25, 0.3) is 0 Å². The molecule has 2 N–H and O–H groups in total. The van der Waals surface area contributed by atoms with Gasteiger partial charge < -0.3 is 10.4 Å². The number of aromatic carboxylic acids is 1. The van der Waals surface area contributed by atoms with Crippen LogP contribution in [0.3, 0.4) is 0 Å². The minimum Gasteiger partial charge on any atom is -0.478 e. The monoisotopic (exact) mass is 211 g/mol. The molecule has 0 bridgehead atoms. The van der Waals surface area contributed by atoms with Gasteiger partial charge in [-0.15, -0.1) is 0 Å². The van der Waals surface area contributed by atoms with Gasteiger partial charge in [0.1, 0.15) is 0 Å². The van der Waals surface area contributed by atoms with E-state index in [1.807, 2.05) is 13.8 Å². The van der Waals surface area contributed by atoms with Crippen molar-refractivity contribution < 1.29 is 9.90 Å². The first-order chi connectivity index (χ1) is 6.40. The second kappa shape index (κ2) is 3.92. The molecule has 0 amide bonds. The van der Waals surface area contributed by atoms with Gasteiger partial charge in [-0.2, -0.15) is 12.6 Å². The van der Waals surface area contributed by atoms with Gasteiger partial charge in [0.2, 0.25) is 0 Å². The lowest BCUT2D eigenvalue weighted by molar-refractivity contribution is 0.0698. The average Bonchev–Trinajstić information content (AvgIpc) is 2.01. The Bertz CT molecular complexity index is 344. The number of hydrogen-bond donors (Lipinski definition) is 3. The summed E-state index contributed by atoms with van der Waals surface area (Å²) in [4.78, 5) is 10.4. The molecule has 0 fully saturated rings. The summed E-state index contributed by atoms with van der Waals surface area (Å²) in [6, 6.07) is 6.76. The minimum absolute atomic E-state index is 0.259. The Kier molecular flexibility index (Phi) is 3.06. The number of carbonyl (C=O) groups is 1. The molecule has 1 aromatic rings. The van der Waals surface area contributed by atoms with Gasteiger partial charge in [0, 0.05) is 5.69 Å². The lowest BCUT2D eigenvalue weighted by atomic mass is 10.1. The molecular weight excluding hydrogens is 198 g/mol. The van der Waals surface area contributed by atoms with Crippen LogP contribution in [0.5, 0.6) is 0 Å². The highest BCUT2D eigenvalue weighted by molar-refractivity contribution is 7.81. The highest BCUT2D eigenvalue weighted by atomic mass is 32.1. The number of hydrogen-bond acceptors (Lipinski definition) is 3. The highest BCUT2D eigenvalue weighted by Crippen LogP contribution is 2.21. The molecule has 0 aliphatic rings. The molecule has 0 saturated carbocycles. The number of rotatable bonds is 3. The van der Waals surface area contributed by atoms with Crippen molar-refractivity contribution in [3.8, 4) is 0 Å². The number of carboxylic acids is 1. The van der Waals surface area contributed by atoms with Crippen LogP contribution in [0.2, 0.25) is 0 Å². The Hall–Kier alpha value is -1.16. The fourth-order valence-electron chi connectivity index (χ4n) is 1.11. The molecule has 76 valence electrons. The van der Waals surface area contributed by atoms with Crippen LogP contribution in [0, 0.1) is 0 Å². The zero-order valence-electron chi connectivity index (χ0n) is 8.11. The van der Waals surface area contributed by atoms with Crippen molar-refractivity contribution in [2.45, 2.75) is 18.7 Å². The Morgan fingerprint density at radius 1 is 1.43 bits per heavy atom. The van der Waals surface area contributed by atoms with E-state index >= 15 is 0 Å². The largest absolute Gasteiger partial charge is 0.478 e. The van der Waals surface area contributed by atoms with E-state index in [0.717, 1.165) is 0 Å². The van der Waals surface area contributed by atoms with Gasteiger partial charge in [-0.1, -0.05) is 12.1 Å². The van der Waals surface area contributed by atoms with Crippen molar-refractivity contribution >= 4 is 24.3 Å². The molecule has 0 aromatic heterocycles. The second-order valence-electron chi connectivity index (χ2n) is 3.53. The standard InChI is InChI=1S/C10H13NO2S/c1-10(2,14)11-8-6-4-3-5-7(8)9(12)13/h3-6,11,14H,1-2H3,(H,12,13). The summed E-state index contributed by atoms with van der Waals surface area (Å²) < 4.78 is 0. The topological polar surface area (TPSA) is 49.3 Å². The highest BCUT2D eigenvalue weighted by Gasteiger charge is 2.15. The summed E-state index contributed by atoms with van der Waals surface area (Å²) >= 11 is 4.28. The number of para-hydroxylation sites is 1. The van der Waals surface area contributed by atoms with Gasteiger partial charge >= 0.3 is 5.97 Å². The van der Waals surface area contributed by atoms with Gasteiger partial charge in [0.05, 0.1) is 10.4 Å². The van der Waals surface area contributed by atoms with Crippen LogP contribution < -0.4 is 5.32 Å². The Labute approximate surface area is 88.6 Å². The molecule has 1 aromatic carbocycles. The molecule has 0 radical (unpaired) electrons. The van der Waals surface area contributed by atoms with Crippen LogP contribution in [-0.4, -0.2) is 15.9 Å². The van der Waals surface area contributed by atoms with Crippen molar-refractivity contribution in [2.75, 3.05) is 5.32 Å². The molecule has 0 atom stereocenters. The van der Waals surface area contributed by atoms with E-state index < -0.39 is 10.8 Å². The first kappa shape index (κ1) is 10.9. The minimum atomic E-state index is -0.939. The normalized spacial score (nSPS) is 11.1. The summed E-state index contributed by atoms with van der Waals surface area (Å²) in [7, 11) is 0. The van der Waals surface area contributed by atoms with Crippen LogP contribution >= 0.6 is 12.6 Å². The fraction of sp³-hybridized carbons (Fsp3) is 0.300. The third-order valence-corrected chi connectivity index (χ3v) is 1.71. The molecule has 0 aliphatic carbocycles. The van der Waals surface area contributed by atoms with Crippen molar-refractivity contribution in [1.29, 1.82) is 0 Å². The number of thiol groups is 1. The maximum absolute atomic E-state index is 10.8. The maximum Gasteiger partial charge on any atom is 0.337 e. The third-order valence-electron chi connectivity index (χ3n) is 1.60. The number of benzene rings is 1. The van der Waals surface area contributed by atoms with E-state index in [4.69, 9.17) is 5.11 Å². The van der Waals surface area contributed by atoms with E-state index in [-0.39, 0.29) is 5.56 Å². The molecule has 0 unspecified atom stereocenters.